The van der Waals surface area contributed by atoms with Gasteiger partial charge in [-0.25, -0.2) is 4.79 Å². The van der Waals surface area contributed by atoms with Crippen molar-refractivity contribution in [2.45, 2.75) is 65.4 Å². The van der Waals surface area contributed by atoms with Crippen LogP contribution in [0.4, 0.5) is 0 Å². The third kappa shape index (κ3) is 4.08. The highest BCUT2D eigenvalue weighted by Gasteiger charge is 2.43. The molecule has 2 atom stereocenters. The van der Waals surface area contributed by atoms with Gasteiger partial charge in [0.15, 0.2) is 5.78 Å². The van der Waals surface area contributed by atoms with Crippen molar-refractivity contribution in [1.29, 1.82) is 0 Å². The molecule has 4 rings (SSSR count). The fourth-order valence-corrected chi connectivity index (χ4v) is 4.82. The van der Waals surface area contributed by atoms with Gasteiger partial charge in [0.1, 0.15) is 6.61 Å². The molecule has 5 nitrogen and oxygen atoms in total. The third-order valence-electron chi connectivity index (χ3n) is 6.29. The Morgan fingerprint density at radius 3 is 2.60 bits per heavy atom. The van der Waals surface area contributed by atoms with E-state index in [9.17, 15) is 9.59 Å². The quantitative estimate of drug-likeness (QED) is 0.750. The van der Waals surface area contributed by atoms with Crippen LogP contribution in [-0.4, -0.2) is 31.1 Å². The van der Waals surface area contributed by atoms with Gasteiger partial charge in [-0.3, -0.25) is 4.79 Å². The first-order valence-corrected chi connectivity index (χ1v) is 10.8. The minimum absolute atomic E-state index is 0.0314. The second-order valence-corrected chi connectivity index (χ2v) is 9.57. The second-order valence-electron chi connectivity index (χ2n) is 9.57. The predicted octanol–water partition coefficient (Wildman–Crippen LogP) is 4.32. The van der Waals surface area contributed by atoms with E-state index in [1.54, 1.807) is 0 Å². The number of carbonyl (C=O) groups is 2. The summed E-state index contributed by atoms with van der Waals surface area (Å²) in [5.41, 5.74) is 4.94. The van der Waals surface area contributed by atoms with Gasteiger partial charge in [0.2, 0.25) is 0 Å². The van der Waals surface area contributed by atoms with Crippen molar-refractivity contribution in [2.75, 3.05) is 13.2 Å². The third-order valence-corrected chi connectivity index (χ3v) is 6.29. The Morgan fingerprint density at radius 1 is 1.20 bits per heavy atom. The number of aryl methyl sites for hydroxylation is 1. The molecule has 1 aromatic rings. The number of nitrogens with one attached hydrogen (secondary N) is 1. The van der Waals surface area contributed by atoms with E-state index in [-0.39, 0.29) is 29.9 Å². The van der Waals surface area contributed by atoms with Crippen molar-refractivity contribution in [3.63, 3.8) is 0 Å². The smallest absolute Gasteiger partial charge is 0.336 e. The topological polar surface area (TPSA) is 64.6 Å². The summed E-state index contributed by atoms with van der Waals surface area (Å²) in [6, 6.07) is 8.09. The van der Waals surface area contributed by atoms with Crippen molar-refractivity contribution in [3.05, 3.63) is 57.9 Å². The van der Waals surface area contributed by atoms with Crippen LogP contribution in [0.1, 0.15) is 63.5 Å². The number of hydrogen-bond donors (Lipinski definition) is 1. The number of rotatable bonds is 4. The Kier molecular flexibility index (Phi) is 5.58. The summed E-state index contributed by atoms with van der Waals surface area (Å²) in [5, 5.41) is 3.38. The molecule has 1 saturated heterocycles. The zero-order valence-electron chi connectivity index (χ0n) is 18.3. The summed E-state index contributed by atoms with van der Waals surface area (Å²) in [4.78, 5) is 26.5. The van der Waals surface area contributed by atoms with E-state index in [1.165, 1.54) is 0 Å². The number of benzene rings is 1. The number of dihydropyridines is 1. The largest absolute Gasteiger partial charge is 0.459 e. The second kappa shape index (κ2) is 8.03. The number of ketones is 1. The monoisotopic (exact) mass is 409 g/mol. The van der Waals surface area contributed by atoms with Crippen molar-refractivity contribution in [3.8, 4) is 0 Å². The fraction of sp³-hybridized carbons (Fsp3) is 0.520. The maximum absolute atomic E-state index is 13.2. The van der Waals surface area contributed by atoms with Gasteiger partial charge in [-0.05, 0) is 44.1 Å². The van der Waals surface area contributed by atoms with Gasteiger partial charge in [-0.15, -0.1) is 0 Å². The summed E-state index contributed by atoms with van der Waals surface area (Å²) in [5.74, 6) is -0.663. The molecule has 0 radical (unpaired) electrons. The van der Waals surface area contributed by atoms with E-state index in [0.29, 0.717) is 17.6 Å². The van der Waals surface area contributed by atoms with Crippen LogP contribution in [0.3, 0.4) is 0 Å². The van der Waals surface area contributed by atoms with Gasteiger partial charge < -0.3 is 14.8 Å². The lowest BCUT2D eigenvalue weighted by molar-refractivity contribution is -0.142. The van der Waals surface area contributed by atoms with Crippen molar-refractivity contribution >= 4 is 11.8 Å². The normalized spacial score (nSPS) is 25.8. The van der Waals surface area contributed by atoms with Gasteiger partial charge in [-0.2, -0.15) is 0 Å². The lowest BCUT2D eigenvalue weighted by atomic mass is 9.68. The van der Waals surface area contributed by atoms with E-state index < -0.39 is 5.92 Å². The molecule has 0 spiro atoms. The SMILES string of the molecule is CC1=C(C(=O)OC[C@H]2CCCO2)[C@H](c2ccc(C)cc2)C2=C(CC(C)(C)CC2=O)N1. The average molecular weight is 410 g/mol. The Hall–Kier alpha value is -2.40. The molecule has 0 aromatic heterocycles. The lowest BCUT2D eigenvalue weighted by Gasteiger charge is -2.39. The van der Waals surface area contributed by atoms with E-state index in [4.69, 9.17) is 9.47 Å². The molecule has 2 heterocycles. The molecule has 5 heteroatoms. The molecule has 1 aliphatic carbocycles. The Labute approximate surface area is 178 Å². The van der Waals surface area contributed by atoms with Gasteiger partial charge in [0.05, 0.1) is 11.7 Å². The van der Waals surface area contributed by atoms with Crippen LogP contribution >= 0.6 is 0 Å². The summed E-state index contributed by atoms with van der Waals surface area (Å²) in [6.07, 6.45) is 3.14. The number of esters is 1. The van der Waals surface area contributed by atoms with Crippen LogP contribution in [0, 0.1) is 12.3 Å². The zero-order valence-corrected chi connectivity index (χ0v) is 18.3. The first-order valence-electron chi connectivity index (χ1n) is 10.8. The maximum atomic E-state index is 13.2. The zero-order chi connectivity index (χ0) is 21.5. The molecular formula is C25H31NO4. The number of ether oxygens (including phenoxy) is 2. The van der Waals surface area contributed by atoms with Gasteiger partial charge in [-0.1, -0.05) is 43.7 Å². The van der Waals surface area contributed by atoms with E-state index in [1.807, 2.05) is 38.1 Å². The summed E-state index contributed by atoms with van der Waals surface area (Å²) < 4.78 is 11.3. The lowest BCUT2D eigenvalue weighted by Crippen LogP contribution is -2.39. The number of Topliss-reactive ketones (excluding diaryl/α,β-unsaturated/α-hetero) is 1. The van der Waals surface area contributed by atoms with E-state index >= 15 is 0 Å². The highest BCUT2D eigenvalue weighted by atomic mass is 16.6. The average Bonchev–Trinajstić information content (AvgIpc) is 3.18. The molecule has 0 amide bonds. The minimum Gasteiger partial charge on any atom is -0.459 e. The standard InChI is InChI=1S/C25H31NO4/c1-15-7-9-17(10-8-15)22-21(24(28)30-14-18-6-5-11-29-18)16(2)26-19-12-25(3,4)13-20(27)23(19)22/h7-10,18,22,26H,5-6,11-14H2,1-4H3/t18-,22+/m1/s1. The Bertz CT molecular complexity index is 917. The summed E-state index contributed by atoms with van der Waals surface area (Å²) >= 11 is 0. The molecule has 160 valence electrons. The van der Waals surface area contributed by atoms with E-state index in [0.717, 1.165) is 48.4 Å². The first kappa shape index (κ1) is 20.9. The van der Waals surface area contributed by atoms with Crippen LogP contribution < -0.4 is 5.32 Å². The fourth-order valence-electron chi connectivity index (χ4n) is 4.82. The Balaban J connectivity index is 1.71. The van der Waals surface area contributed by atoms with Crippen molar-refractivity contribution in [2.24, 2.45) is 5.41 Å². The van der Waals surface area contributed by atoms with E-state index in [2.05, 4.69) is 19.2 Å². The van der Waals surface area contributed by atoms with Crippen molar-refractivity contribution in [1.82, 2.24) is 5.32 Å². The first-order chi connectivity index (χ1) is 14.2. The van der Waals surface area contributed by atoms with Gasteiger partial charge in [0.25, 0.3) is 0 Å². The number of hydrogen-bond acceptors (Lipinski definition) is 5. The highest BCUT2D eigenvalue weighted by Crippen LogP contribution is 2.46. The predicted molar refractivity (Wildman–Crippen MR) is 115 cm³/mol. The number of allylic oxidation sites excluding steroid dienone is 3. The molecule has 0 unspecified atom stereocenters. The molecular weight excluding hydrogens is 378 g/mol. The van der Waals surface area contributed by atoms with Crippen LogP contribution in [0.15, 0.2) is 46.8 Å². The Morgan fingerprint density at radius 2 is 1.93 bits per heavy atom. The molecule has 30 heavy (non-hydrogen) atoms. The molecule has 2 aliphatic heterocycles. The molecule has 0 bridgehead atoms. The molecule has 3 aliphatic rings. The van der Waals surface area contributed by atoms with Crippen LogP contribution in [0.2, 0.25) is 0 Å². The molecule has 1 N–H and O–H groups in total. The summed E-state index contributed by atoms with van der Waals surface area (Å²) in [7, 11) is 0. The molecule has 0 saturated carbocycles. The molecule has 1 fully saturated rings. The van der Waals surface area contributed by atoms with Crippen molar-refractivity contribution < 1.29 is 19.1 Å². The highest BCUT2D eigenvalue weighted by molar-refractivity contribution is 6.04. The van der Waals surface area contributed by atoms with Crippen LogP contribution in [-0.2, 0) is 19.1 Å². The molecule has 1 aromatic carbocycles. The maximum Gasteiger partial charge on any atom is 0.336 e. The minimum atomic E-state index is -0.401. The number of carbonyl (C=O) groups excluding carboxylic acids is 2. The van der Waals surface area contributed by atoms with Crippen LogP contribution in [0.5, 0.6) is 0 Å². The van der Waals surface area contributed by atoms with Gasteiger partial charge >= 0.3 is 5.97 Å². The summed E-state index contributed by atoms with van der Waals surface area (Å²) in [6.45, 7) is 9.13. The van der Waals surface area contributed by atoms with Gasteiger partial charge in [0, 0.05) is 35.9 Å². The van der Waals surface area contributed by atoms with Crippen LogP contribution in [0.25, 0.3) is 0 Å².